The van der Waals surface area contributed by atoms with Crippen molar-refractivity contribution in [3.8, 4) is 17.0 Å². The fourth-order valence-electron chi connectivity index (χ4n) is 4.55. The van der Waals surface area contributed by atoms with Crippen molar-refractivity contribution in [3.63, 3.8) is 0 Å². The van der Waals surface area contributed by atoms with E-state index in [0.717, 1.165) is 11.3 Å². The summed E-state index contributed by atoms with van der Waals surface area (Å²) in [6.07, 6.45) is 0.486. The molecule has 0 bridgehead atoms. The molecule has 2 fully saturated rings. The molecule has 1 atom stereocenters. The third-order valence-electron chi connectivity index (χ3n) is 6.31. The van der Waals surface area contributed by atoms with Crippen molar-refractivity contribution in [1.29, 1.82) is 0 Å². The number of benzene rings is 1. The summed E-state index contributed by atoms with van der Waals surface area (Å²) in [5, 5.41) is 5.34. The number of nitrogens with zero attached hydrogens (tertiary/aromatic N) is 4. The summed E-state index contributed by atoms with van der Waals surface area (Å²) < 4.78 is 36.7. The number of pyridine rings is 1. The lowest BCUT2D eigenvalue weighted by atomic mass is 10.0. The van der Waals surface area contributed by atoms with Gasteiger partial charge in [-0.15, -0.1) is 0 Å². The zero-order valence-corrected chi connectivity index (χ0v) is 19.5. The molecule has 2 aliphatic heterocycles. The smallest absolute Gasteiger partial charge is 0.254 e. The normalized spacial score (nSPS) is 20.3. The molecule has 10 heteroatoms. The van der Waals surface area contributed by atoms with Crippen LogP contribution in [-0.4, -0.2) is 78.9 Å². The summed E-state index contributed by atoms with van der Waals surface area (Å²) in [7, 11) is -1.50. The fraction of sp³-hybridized carbons (Fsp3) is 0.435. The Labute approximate surface area is 192 Å². The third kappa shape index (κ3) is 4.08. The van der Waals surface area contributed by atoms with Gasteiger partial charge in [-0.3, -0.25) is 4.79 Å². The van der Waals surface area contributed by atoms with E-state index in [1.165, 1.54) is 0 Å². The first-order chi connectivity index (χ1) is 15.9. The lowest BCUT2D eigenvalue weighted by molar-refractivity contribution is 0.0304. The van der Waals surface area contributed by atoms with E-state index in [1.54, 1.807) is 16.7 Å². The van der Waals surface area contributed by atoms with E-state index in [-0.39, 0.29) is 23.5 Å². The summed E-state index contributed by atoms with van der Waals surface area (Å²) in [5.74, 6) is 0.795. The number of carbonyl (C=O) groups is 1. The van der Waals surface area contributed by atoms with E-state index in [1.807, 2.05) is 37.3 Å². The number of morpholine rings is 1. The maximum atomic E-state index is 13.6. The van der Waals surface area contributed by atoms with Gasteiger partial charge in [-0.05, 0) is 43.7 Å². The highest BCUT2D eigenvalue weighted by molar-refractivity contribution is 7.91. The molecule has 0 unspecified atom stereocenters. The zero-order valence-electron chi connectivity index (χ0n) is 18.7. The maximum absolute atomic E-state index is 13.6. The van der Waals surface area contributed by atoms with Gasteiger partial charge in [-0.25, -0.2) is 18.1 Å². The van der Waals surface area contributed by atoms with Crippen LogP contribution >= 0.6 is 0 Å². The van der Waals surface area contributed by atoms with Crippen LogP contribution in [0.15, 0.2) is 30.3 Å². The molecule has 2 saturated heterocycles. The minimum atomic E-state index is -3.11. The molecule has 2 aromatic heterocycles. The van der Waals surface area contributed by atoms with Crippen molar-refractivity contribution in [2.75, 3.05) is 44.9 Å². The Balaban J connectivity index is 1.68. The van der Waals surface area contributed by atoms with Gasteiger partial charge in [-0.1, -0.05) is 0 Å². The molecule has 174 valence electrons. The second kappa shape index (κ2) is 8.42. The topological polar surface area (TPSA) is 104 Å². The maximum Gasteiger partial charge on any atom is 0.254 e. The number of hydrogen-bond acceptors (Lipinski definition) is 7. The van der Waals surface area contributed by atoms with Crippen molar-refractivity contribution >= 4 is 26.8 Å². The van der Waals surface area contributed by atoms with Crippen molar-refractivity contribution in [3.05, 3.63) is 41.6 Å². The van der Waals surface area contributed by atoms with Crippen LogP contribution in [0.5, 0.6) is 5.75 Å². The molecule has 33 heavy (non-hydrogen) atoms. The number of rotatable bonds is 4. The van der Waals surface area contributed by atoms with E-state index in [4.69, 9.17) is 14.5 Å². The van der Waals surface area contributed by atoms with E-state index < -0.39 is 9.84 Å². The molecule has 3 aromatic rings. The van der Waals surface area contributed by atoms with Gasteiger partial charge in [0, 0.05) is 18.7 Å². The molecule has 5 rings (SSSR count). The van der Waals surface area contributed by atoms with Gasteiger partial charge in [0.05, 0.1) is 60.2 Å². The van der Waals surface area contributed by atoms with Crippen LogP contribution in [0.2, 0.25) is 0 Å². The minimum absolute atomic E-state index is 0.0321. The Bertz CT molecular complexity index is 1310. The van der Waals surface area contributed by atoms with Crippen molar-refractivity contribution in [1.82, 2.24) is 19.7 Å². The van der Waals surface area contributed by atoms with E-state index >= 15 is 0 Å². The van der Waals surface area contributed by atoms with Gasteiger partial charge in [0.2, 0.25) is 0 Å². The first-order valence-electron chi connectivity index (χ1n) is 11.0. The molecular formula is C23H26N4O5S. The number of hydrogen-bond donors (Lipinski definition) is 0. The van der Waals surface area contributed by atoms with Gasteiger partial charge >= 0.3 is 0 Å². The standard InChI is InChI=1S/C23H26N4O5S/c1-15-21-19(23(28)26-8-10-32-11-9-26)13-20(16-3-5-18(31-2)6-4-16)24-22(21)27(25-15)17-7-12-33(29,30)14-17/h3-6,13,17H,7-12,14H2,1-2H3/t17-/m0/s1. The van der Waals surface area contributed by atoms with Crippen LogP contribution in [0.3, 0.4) is 0 Å². The molecular weight excluding hydrogens is 444 g/mol. The van der Waals surface area contributed by atoms with Gasteiger partial charge < -0.3 is 14.4 Å². The highest BCUT2D eigenvalue weighted by Gasteiger charge is 2.33. The average molecular weight is 471 g/mol. The molecule has 4 heterocycles. The van der Waals surface area contributed by atoms with E-state index in [9.17, 15) is 13.2 Å². The summed E-state index contributed by atoms with van der Waals surface area (Å²) in [5.41, 5.74) is 3.19. The summed E-state index contributed by atoms with van der Waals surface area (Å²) in [6, 6.07) is 8.99. The van der Waals surface area contributed by atoms with Crippen LogP contribution in [0.25, 0.3) is 22.3 Å². The molecule has 0 aliphatic carbocycles. The monoisotopic (exact) mass is 470 g/mol. The number of carbonyl (C=O) groups excluding carboxylic acids is 1. The number of aromatic nitrogens is 3. The number of amides is 1. The SMILES string of the molecule is COc1ccc(-c2cc(C(=O)N3CCOCC3)c3c(C)nn([C@H]4CCS(=O)(=O)C4)c3n2)cc1. The molecule has 1 amide bonds. The second-order valence-corrected chi connectivity index (χ2v) is 10.7. The fourth-order valence-corrected chi connectivity index (χ4v) is 6.24. The Hall–Kier alpha value is -2.98. The minimum Gasteiger partial charge on any atom is -0.497 e. The van der Waals surface area contributed by atoms with Gasteiger partial charge in [0.25, 0.3) is 5.91 Å². The third-order valence-corrected chi connectivity index (χ3v) is 8.06. The Morgan fingerprint density at radius 2 is 1.91 bits per heavy atom. The van der Waals surface area contributed by atoms with Crippen LogP contribution in [-0.2, 0) is 14.6 Å². The van der Waals surface area contributed by atoms with Crippen LogP contribution in [0.1, 0.15) is 28.5 Å². The first kappa shape index (κ1) is 21.8. The van der Waals surface area contributed by atoms with Gasteiger partial charge in [0.1, 0.15) is 5.75 Å². The van der Waals surface area contributed by atoms with Crippen molar-refractivity contribution < 1.29 is 22.7 Å². The average Bonchev–Trinajstić information content (AvgIpc) is 3.37. The first-order valence-corrected chi connectivity index (χ1v) is 12.8. The predicted molar refractivity (Wildman–Crippen MR) is 123 cm³/mol. The molecule has 2 aliphatic rings. The highest BCUT2D eigenvalue weighted by atomic mass is 32.2. The highest BCUT2D eigenvalue weighted by Crippen LogP contribution is 2.33. The largest absolute Gasteiger partial charge is 0.497 e. The Morgan fingerprint density at radius 3 is 2.55 bits per heavy atom. The Morgan fingerprint density at radius 1 is 1.18 bits per heavy atom. The second-order valence-electron chi connectivity index (χ2n) is 8.47. The van der Waals surface area contributed by atoms with Crippen LogP contribution in [0, 0.1) is 6.92 Å². The Kier molecular flexibility index (Phi) is 5.57. The molecule has 0 N–H and O–H groups in total. The molecule has 0 saturated carbocycles. The van der Waals surface area contributed by atoms with Crippen LogP contribution < -0.4 is 4.74 Å². The molecule has 9 nitrogen and oxygen atoms in total. The molecule has 0 spiro atoms. The molecule has 1 aromatic carbocycles. The van der Waals surface area contributed by atoms with Crippen molar-refractivity contribution in [2.45, 2.75) is 19.4 Å². The van der Waals surface area contributed by atoms with E-state index in [2.05, 4.69) is 5.10 Å². The summed E-state index contributed by atoms with van der Waals surface area (Å²) in [6.45, 7) is 3.89. The quantitative estimate of drug-likeness (QED) is 0.576. The van der Waals surface area contributed by atoms with Crippen molar-refractivity contribution in [2.24, 2.45) is 0 Å². The summed E-state index contributed by atoms with van der Waals surface area (Å²) >= 11 is 0. The summed E-state index contributed by atoms with van der Waals surface area (Å²) in [4.78, 5) is 20.2. The number of fused-ring (bicyclic) bond motifs is 1. The predicted octanol–water partition coefficient (Wildman–Crippen LogP) is 2.25. The number of sulfone groups is 1. The zero-order chi connectivity index (χ0) is 23.2. The number of aryl methyl sites for hydroxylation is 1. The molecule has 0 radical (unpaired) electrons. The lowest BCUT2D eigenvalue weighted by Gasteiger charge is -2.27. The van der Waals surface area contributed by atoms with E-state index in [0.29, 0.717) is 60.7 Å². The number of methoxy groups -OCH3 is 1. The van der Waals surface area contributed by atoms with Crippen LogP contribution in [0.4, 0.5) is 0 Å². The number of ether oxygens (including phenoxy) is 2. The lowest BCUT2D eigenvalue weighted by Crippen LogP contribution is -2.40. The van der Waals surface area contributed by atoms with Gasteiger partial charge in [-0.2, -0.15) is 5.10 Å². The van der Waals surface area contributed by atoms with Gasteiger partial charge in [0.15, 0.2) is 15.5 Å².